The molecule has 196 valence electrons. The predicted molar refractivity (Wildman–Crippen MR) is 132 cm³/mol. The number of nitrogens with zero attached hydrogens (tertiary/aromatic N) is 2. The van der Waals surface area contributed by atoms with Gasteiger partial charge >= 0.3 is 59.1 Å². The molecule has 13 nitrogen and oxygen atoms in total. The van der Waals surface area contributed by atoms with E-state index >= 15 is 0 Å². The number of azo groups is 1. The number of hydrogen-bond acceptors (Lipinski definition) is 10. The van der Waals surface area contributed by atoms with E-state index in [9.17, 15) is 45.6 Å². The zero-order valence-electron chi connectivity index (χ0n) is 20.6. The Kier molecular flexibility index (Phi) is 9.34. The predicted octanol–water partition coefficient (Wildman–Crippen LogP) is -3.82. The first-order valence-electron chi connectivity index (χ1n) is 10.4. The van der Waals surface area contributed by atoms with E-state index in [0.717, 1.165) is 0 Å². The van der Waals surface area contributed by atoms with Gasteiger partial charge in [0.25, 0.3) is 27.6 Å². The van der Waals surface area contributed by atoms with Gasteiger partial charge < -0.3 is 20.4 Å². The summed E-state index contributed by atoms with van der Waals surface area (Å²) in [7, 11) is -14.1. The summed E-state index contributed by atoms with van der Waals surface area (Å²) >= 11 is 0. The van der Waals surface area contributed by atoms with E-state index in [2.05, 4.69) is 15.5 Å². The molecule has 0 saturated carbocycles. The van der Waals surface area contributed by atoms with Gasteiger partial charge in [-0.05, 0) is 59.3 Å². The Labute approximate surface area is 271 Å². The van der Waals surface area contributed by atoms with Crippen molar-refractivity contribution in [2.24, 2.45) is 10.2 Å². The van der Waals surface area contributed by atoms with Gasteiger partial charge in [0.2, 0.25) is 0 Å². The second-order valence-corrected chi connectivity index (χ2v) is 13.1. The third-order valence-corrected chi connectivity index (χ3v) is 9.48. The number of rotatable bonds is 4. The third kappa shape index (κ3) is 5.88. The minimum absolute atomic E-state index is 0. The van der Waals surface area contributed by atoms with Crippen LogP contribution in [0.15, 0.2) is 80.7 Å². The summed E-state index contributed by atoms with van der Waals surface area (Å²) in [6, 6.07) is 12.2. The first kappa shape index (κ1) is 32.7. The van der Waals surface area contributed by atoms with Crippen molar-refractivity contribution in [3.63, 3.8) is 0 Å². The maximum atomic E-state index is 13.2. The van der Waals surface area contributed by atoms with Gasteiger partial charge in [0.15, 0.2) is 0 Å². The molecule has 4 aromatic carbocycles. The topological polar surface area (TPSA) is 229 Å². The van der Waals surface area contributed by atoms with E-state index < -0.39 is 65.4 Å². The zero-order chi connectivity index (χ0) is 27.6. The Balaban J connectivity index is 0.00000220. The summed E-state index contributed by atoms with van der Waals surface area (Å²) < 4.78 is 79.0. The van der Waals surface area contributed by atoms with E-state index in [-0.39, 0.29) is 75.4 Å². The number of para-hydroxylation sites is 1. The molecular formula is C22H14N3Na2O10PS2. The number of hydrogen-bond donors (Lipinski definition) is 4. The minimum atomic E-state index is -5.14. The molecule has 1 unspecified atom stereocenters. The maximum absolute atomic E-state index is 13.2. The maximum Gasteiger partial charge on any atom is 1.00 e. The first-order valence-corrected chi connectivity index (χ1v) is 14.9. The third-order valence-electron chi connectivity index (χ3n) is 5.72. The summed E-state index contributed by atoms with van der Waals surface area (Å²) in [4.78, 5) is 8.83. The molecular weight excluding hydrogens is 607 g/mol. The second-order valence-electron chi connectivity index (χ2n) is 8.14. The van der Waals surface area contributed by atoms with Crippen molar-refractivity contribution in [2.75, 3.05) is 5.32 Å². The molecule has 18 heteroatoms. The van der Waals surface area contributed by atoms with Crippen molar-refractivity contribution < 1.29 is 105 Å². The average Bonchev–Trinajstić information content (AvgIpc) is 2.82. The average molecular weight is 621 g/mol. The standard InChI is InChI=1S/C22H16N3O10PS2.2Na/c26-16-10-13(37(30,31)32)7-11-8-19(38(33,34)35)21(22(27)20(11)16)25-24-12-5-6-15-18(9-12)36(28,29)17-4-2-1-3-14(17)23-15;;/h1-10,23,26-27H,(H,28,29)(H,30,31,32)(H,33,34,35);;/q;2*+1/p-2. The van der Waals surface area contributed by atoms with Crippen LogP contribution in [-0.2, 0) is 24.8 Å². The summed E-state index contributed by atoms with van der Waals surface area (Å²) in [5.41, 5.74) is -0.266. The van der Waals surface area contributed by atoms with Crippen molar-refractivity contribution in [3.05, 3.63) is 60.7 Å². The van der Waals surface area contributed by atoms with Crippen molar-refractivity contribution in [3.8, 4) is 11.5 Å². The second kappa shape index (κ2) is 11.4. The normalized spacial score (nSPS) is 16.4. The Morgan fingerprint density at radius 3 is 2.10 bits per heavy atom. The largest absolute Gasteiger partial charge is 1.00 e. The van der Waals surface area contributed by atoms with Crippen LogP contribution in [0.4, 0.5) is 22.7 Å². The molecule has 0 spiro atoms. The van der Waals surface area contributed by atoms with Crippen molar-refractivity contribution in [1.29, 1.82) is 0 Å². The van der Waals surface area contributed by atoms with E-state index in [0.29, 0.717) is 29.6 Å². The van der Waals surface area contributed by atoms with Crippen LogP contribution in [0.1, 0.15) is 0 Å². The van der Waals surface area contributed by atoms with Gasteiger partial charge in [-0.1, -0.05) is 17.9 Å². The first-order chi connectivity index (χ1) is 17.7. The molecule has 0 aliphatic carbocycles. The Hall–Kier alpha value is -1.85. The molecule has 0 radical (unpaired) electrons. The fraction of sp³-hybridized carbons (Fsp3) is 0. The Morgan fingerprint density at radius 1 is 0.800 bits per heavy atom. The summed E-state index contributed by atoms with van der Waals surface area (Å²) in [6.45, 7) is 0. The zero-order valence-corrected chi connectivity index (χ0v) is 27.2. The van der Waals surface area contributed by atoms with Crippen LogP contribution in [0.3, 0.4) is 0 Å². The van der Waals surface area contributed by atoms with Crippen LogP contribution in [-0.4, -0.2) is 30.8 Å². The number of anilines is 2. The van der Waals surface area contributed by atoms with Crippen molar-refractivity contribution in [2.45, 2.75) is 9.79 Å². The summed E-state index contributed by atoms with van der Waals surface area (Å²) in [5.74, 6) is -2.44. The quantitative estimate of drug-likeness (QED) is 0.0747. The SMILES string of the molecule is O=P1(O)c2ccccc2Nc2ccc(N=Nc3c(S(=O)(=O)O)cc4cc(S(=O)(=O)O)cc([O-])c4c3[O-])cc21.[Na+].[Na+]. The van der Waals surface area contributed by atoms with Crippen LogP contribution in [0.25, 0.3) is 10.8 Å². The molecule has 4 N–H and O–H groups in total. The van der Waals surface area contributed by atoms with Gasteiger partial charge in [0, 0.05) is 0 Å². The van der Waals surface area contributed by atoms with Crippen LogP contribution >= 0.6 is 7.37 Å². The molecule has 0 fully saturated rings. The molecule has 0 amide bonds. The van der Waals surface area contributed by atoms with Gasteiger partial charge in [-0.15, -0.1) is 10.9 Å². The molecule has 5 rings (SSSR count). The van der Waals surface area contributed by atoms with Gasteiger partial charge in [0.1, 0.15) is 4.90 Å². The smallest absolute Gasteiger partial charge is 0.872 e. The molecule has 1 aliphatic heterocycles. The molecule has 0 saturated heterocycles. The monoisotopic (exact) mass is 621 g/mol. The van der Waals surface area contributed by atoms with Gasteiger partial charge in [0.05, 0.1) is 38.3 Å². The molecule has 0 bridgehead atoms. The fourth-order valence-electron chi connectivity index (χ4n) is 4.01. The van der Waals surface area contributed by atoms with Gasteiger partial charge in [-0.3, -0.25) is 13.7 Å². The van der Waals surface area contributed by atoms with Gasteiger partial charge in [-0.2, -0.15) is 21.9 Å². The molecule has 1 heterocycles. The number of nitrogens with one attached hydrogen (secondary N) is 1. The molecule has 4 aromatic rings. The van der Waals surface area contributed by atoms with Crippen LogP contribution in [0.2, 0.25) is 0 Å². The van der Waals surface area contributed by atoms with Crippen LogP contribution < -0.4 is 85.3 Å². The van der Waals surface area contributed by atoms with Crippen LogP contribution in [0.5, 0.6) is 11.5 Å². The van der Waals surface area contributed by atoms with E-state index in [4.69, 9.17) is 0 Å². The Morgan fingerprint density at radius 2 is 1.45 bits per heavy atom. The minimum Gasteiger partial charge on any atom is -0.872 e. The van der Waals surface area contributed by atoms with E-state index in [1.54, 1.807) is 18.2 Å². The number of benzene rings is 4. The van der Waals surface area contributed by atoms with Crippen molar-refractivity contribution >= 4 is 71.7 Å². The Bertz CT molecular complexity index is 1990. The summed E-state index contributed by atoms with van der Waals surface area (Å²) in [5, 5.41) is 34.9. The van der Waals surface area contributed by atoms with Gasteiger partial charge in [-0.25, -0.2) is 0 Å². The van der Waals surface area contributed by atoms with E-state index in [1.165, 1.54) is 24.3 Å². The number of fused-ring (bicyclic) bond motifs is 3. The molecule has 1 aliphatic rings. The fourth-order valence-corrected chi connectivity index (χ4v) is 6.97. The van der Waals surface area contributed by atoms with Crippen LogP contribution in [0, 0.1) is 0 Å². The molecule has 0 aromatic heterocycles. The summed E-state index contributed by atoms with van der Waals surface area (Å²) in [6.07, 6.45) is 0. The van der Waals surface area contributed by atoms with E-state index in [1.807, 2.05) is 0 Å². The van der Waals surface area contributed by atoms with Crippen molar-refractivity contribution in [1.82, 2.24) is 0 Å². The molecule has 40 heavy (non-hydrogen) atoms. The molecule has 1 atom stereocenters.